The lowest BCUT2D eigenvalue weighted by atomic mass is 9.89. The molecule has 2 aliphatic heterocycles. The first-order valence-corrected chi connectivity index (χ1v) is 10.7. The van der Waals surface area contributed by atoms with Crippen molar-refractivity contribution in [1.29, 1.82) is 0 Å². The van der Waals surface area contributed by atoms with Crippen LogP contribution in [0.3, 0.4) is 0 Å². The van der Waals surface area contributed by atoms with Crippen molar-refractivity contribution in [2.75, 3.05) is 32.0 Å². The summed E-state index contributed by atoms with van der Waals surface area (Å²) in [6, 6.07) is 3.35. The number of hydrogen-bond donors (Lipinski definition) is 2. The van der Waals surface area contributed by atoms with Crippen molar-refractivity contribution < 1.29 is 14.0 Å². The van der Waals surface area contributed by atoms with Crippen LogP contribution in [0, 0.1) is 12.7 Å². The molecule has 29 heavy (non-hydrogen) atoms. The molecular weight excluding hydrogens is 371 g/mol. The summed E-state index contributed by atoms with van der Waals surface area (Å²) in [7, 11) is 1.87. The van der Waals surface area contributed by atoms with E-state index in [2.05, 4.69) is 15.5 Å². The average molecular weight is 403 g/mol. The third-order valence-corrected chi connectivity index (χ3v) is 6.78. The molecule has 3 aliphatic rings. The van der Waals surface area contributed by atoms with Gasteiger partial charge in [0.05, 0.1) is 0 Å². The molecule has 0 spiro atoms. The molecule has 6 nitrogen and oxygen atoms in total. The molecule has 1 unspecified atom stereocenters. The average Bonchev–Trinajstić information content (AvgIpc) is 3.10. The normalized spacial score (nSPS) is 27.9. The number of carbonyl (C=O) groups excluding carboxylic acids is 2. The van der Waals surface area contributed by atoms with Crippen LogP contribution in [0.1, 0.15) is 43.2 Å². The quantitative estimate of drug-likeness (QED) is 0.812. The Bertz CT molecular complexity index is 768. The van der Waals surface area contributed by atoms with E-state index in [4.69, 9.17) is 0 Å². The Morgan fingerprint density at radius 3 is 2.86 bits per heavy atom. The van der Waals surface area contributed by atoms with Gasteiger partial charge in [-0.3, -0.25) is 14.5 Å². The Kier molecular flexibility index (Phi) is 5.76. The second kappa shape index (κ2) is 8.30. The molecule has 2 amide bonds. The maximum atomic E-state index is 14.1. The molecule has 158 valence electrons. The van der Waals surface area contributed by atoms with Gasteiger partial charge < -0.3 is 15.5 Å². The monoisotopic (exact) mass is 402 g/mol. The van der Waals surface area contributed by atoms with Crippen LogP contribution in [0.15, 0.2) is 12.1 Å². The Morgan fingerprint density at radius 1 is 1.24 bits per heavy atom. The minimum atomic E-state index is -0.412. The second-order valence-electron chi connectivity index (χ2n) is 8.75. The lowest BCUT2D eigenvalue weighted by Gasteiger charge is -2.37. The fourth-order valence-electron chi connectivity index (χ4n) is 4.97. The fourth-order valence-corrected chi connectivity index (χ4v) is 4.97. The highest BCUT2D eigenvalue weighted by molar-refractivity contribution is 5.88. The number of hydrogen-bond acceptors (Lipinski definition) is 4. The Balaban J connectivity index is 1.34. The molecule has 2 N–H and O–H groups in total. The highest BCUT2D eigenvalue weighted by atomic mass is 19.1. The number of nitrogens with zero attached hydrogens (tertiary/aromatic N) is 2. The van der Waals surface area contributed by atoms with E-state index in [1.54, 1.807) is 6.07 Å². The first-order valence-electron chi connectivity index (χ1n) is 10.7. The summed E-state index contributed by atoms with van der Waals surface area (Å²) in [5, 5.41) is 6.43. The first-order chi connectivity index (χ1) is 13.9. The summed E-state index contributed by atoms with van der Waals surface area (Å²) < 4.78 is 14.1. The van der Waals surface area contributed by atoms with E-state index in [0.29, 0.717) is 24.4 Å². The van der Waals surface area contributed by atoms with Crippen molar-refractivity contribution in [3.05, 3.63) is 29.1 Å². The molecule has 2 fully saturated rings. The van der Waals surface area contributed by atoms with E-state index in [1.807, 2.05) is 18.9 Å². The minimum absolute atomic E-state index is 0.0450. The maximum Gasteiger partial charge on any atom is 0.243 e. The summed E-state index contributed by atoms with van der Waals surface area (Å²) >= 11 is 0. The number of aryl methyl sites for hydroxylation is 1. The van der Waals surface area contributed by atoms with E-state index >= 15 is 0 Å². The predicted molar refractivity (Wildman–Crippen MR) is 110 cm³/mol. The van der Waals surface area contributed by atoms with Crippen LogP contribution >= 0.6 is 0 Å². The number of halogens is 1. The number of rotatable bonds is 3. The van der Waals surface area contributed by atoms with Crippen LogP contribution in [-0.2, 0) is 16.0 Å². The fraction of sp³-hybridized carbons (Fsp3) is 0.636. The lowest BCUT2D eigenvalue weighted by Crippen LogP contribution is -2.49. The SMILES string of the molecule is Cc1ccc(F)c2c1NC(C(=O)N[C@@H]1CCC[C@H](N3CCC(=O)N(C)CC3)C1)C2. The number of nitrogens with one attached hydrogen (secondary N) is 2. The molecule has 0 radical (unpaired) electrons. The van der Waals surface area contributed by atoms with Crippen molar-refractivity contribution in [2.45, 2.75) is 63.6 Å². The van der Waals surface area contributed by atoms with Gasteiger partial charge in [0, 0.05) is 62.9 Å². The smallest absolute Gasteiger partial charge is 0.243 e. The van der Waals surface area contributed by atoms with E-state index in [-0.39, 0.29) is 23.7 Å². The standard InChI is InChI=1S/C22H31FN4O2/c1-14-6-7-18(23)17-13-19(25-21(14)17)22(29)24-15-4-3-5-16(12-15)27-9-8-20(28)26(2)10-11-27/h6-7,15-16,19,25H,3-5,8-13H2,1-2H3,(H,24,29)/t15-,16+,19?/m1/s1. The molecule has 3 atom stereocenters. The number of carbonyl (C=O) groups is 2. The summed E-state index contributed by atoms with van der Waals surface area (Å²) in [6.07, 6.45) is 5.03. The van der Waals surface area contributed by atoms with Crippen molar-refractivity contribution in [2.24, 2.45) is 0 Å². The highest BCUT2D eigenvalue weighted by Gasteiger charge is 2.34. The van der Waals surface area contributed by atoms with Gasteiger partial charge in [-0.05, 0) is 44.2 Å². The maximum absolute atomic E-state index is 14.1. The third-order valence-electron chi connectivity index (χ3n) is 6.78. The van der Waals surface area contributed by atoms with Crippen molar-refractivity contribution in [3.8, 4) is 0 Å². The minimum Gasteiger partial charge on any atom is -0.373 e. The van der Waals surface area contributed by atoms with Gasteiger partial charge in [0.1, 0.15) is 11.9 Å². The van der Waals surface area contributed by atoms with Gasteiger partial charge in [0.2, 0.25) is 11.8 Å². The Morgan fingerprint density at radius 2 is 2.07 bits per heavy atom. The lowest BCUT2D eigenvalue weighted by molar-refractivity contribution is -0.129. The molecule has 1 saturated carbocycles. The van der Waals surface area contributed by atoms with E-state index in [0.717, 1.165) is 56.6 Å². The van der Waals surface area contributed by atoms with Crippen LogP contribution < -0.4 is 10.6 Å². The zero-order valence-electron chi connectivity index (χ0n) is 17.3. The predicted octanol–water partition coefficient (Wildman–Crippen LogP) is 2.06. The number of benzene rings is 1. The molecule has 1 aliphatic carbocycles. The van der Waals surface area contributed by atoms with E-state index < -0.39 is 6.04 Å². The number of likely N-dealkylation sites (N-methyl/N-ethyl adjacent to an activating group) is 1. The van der Waals surface area contributed by atoms with Crippen molar-refractivity contribution in [3.63, 3.8) is 0 Å². The van der Waals surface area contributed by atoms with Crippen LogP contribution in [0.5, 0.6) is 0 Å². The molecule has 1 aromatic rings. The summed E-state index contributed by atoms with van der Waals surface area (Å²) in [5.41, 5.74) is 2.35. The molecular formula is C22H31FN4O2. The van der Waals surface area contributed by atoms with Crippen molar-refractivity contribution in [1.82, 2.24) is 15.1 Å². The van der Waals surface area contributed by atoms with Gasteiger partial charge in [0.15, 0.2) is 0 Å². The third kappa shape index (κ3) is 4.25. The number of amides is 2. The van der Waals surface area contributed by atoms with Gasteiger partial charge in [-0.1, -0.05) is 6.07 Å². The zero-order valence-corrected chi connectivity index (χ0v) is 17.3. The van der Waals surface area contributed by atoms with Crippen LogP contribution in [0.2, 0.25) is 0 Å². The summed E-state index contributed by atoms with van der Waals surface area (Å²) in [4.78, 5) is 29.0. The van der Waals surface area contributed by atoms with Crippen LogP contribution in [-0.4, -0.2) is 66.4 Å². The molecule has 1 saturated heterocycles. The first kappa shape index (κ1) is 20.1. The van der Waals surface area contributed by atoms with Gasteiger partial charge in [-0.15, -0.1) is 0 Å². The molecule has 7 heteroatoms. The second-order valence-corrected chi connectivity index (χ2v) is 8.75. The molecule has 4 rings (SSSR count). The topological polar surface area (TPSA) is 64.7 Å². The van der Waals surface area contributed by atoms with E-state index in [9.17, 15) is 14.0 Å². The number of fused-ring (bicyclic) bond motifs is 1. The summed E-state index contributed by atoms with van der Waals surface area (Å²) in [6.45, 7) is 4.39. The van der Waals surface area contributed by atoms with Gasteiger partial charge in [-0.2, -0.15) is 0 Å². The van der Waals surface area contributed by atoms with Gasteiger partial charge in [-0.25, -0.2) is 4.39 Å². The zero-order chi connectivity index (χ0) is 20.5. The molecule has 0 bridgehead atoms. The summed E-state index contributed by atoms with van der Waals surface area (Å²) in [5.74, 6) is -0.0780. The molecule has 1 aromatic carbocycles. The van der Waals surface area contributed by atoms with Crippen LogP contribution in [0.4, 0.5) is 10.1 Å². The number of anilines is 1. The highest BCUT2D eigenvalue weighted by Crippen LogP contribution is 2.32. The largest absolute Gasteiger partial charge is 0.373 e. The van der Waals surface area contributed by atoms with Crippen LogP contribution in [0.25, 0.3) is 0 Å². The van der Waals surface area contributed by atoms with Crippen molar-refractivity contribution >= 4 is 17.5 Å². The Labute approximate surface area is 171 Å². The molecule has 0 aromatic heterocycles. The van der Waals surface area contributed by atoms with Gasteiger partial charge in [0.25, 0.3) is 0 Å². The van der Waals surface area contributed by atoms with E-state index in [1.165, 1.54) is 6.07 Å². The Hall–Kier alpha value is -2.15. The van der Waals surface area contributed by atoms with Gasteiger partial charge >= 0.3 is 0 Å². The molecule has 2 heterocycles.